The Morgan fingerprint density at radius 2 is 1.56 bits per heavy atom. The first kappa shape index (κ1) is 17.3. The molecule has 0 aliphatic heterocycles. The summed E-state index contributed by atoms with van der Waals surface area (Å²) < 4.78 is 0. The van der Waals surface area contributed by atoms with Crippen molar-refractivity contribution in [2.75, 3.05) is 0 Å². The lowest BCUT2D eigenvalue weighted by Crippen LogP contribution is -2.36. The fourth-order valence-electron chi connectivity index (χ4n) is 2.44. The van der Waals surface area contributed by atoms with Gasteiger partial charge >= 0.3 is 0 Å². The molecule has 0 fully saturated rings. The molecule has 128 valence electrons. The third-order valence-electron chi connectivity index (χ3n) is 3.78. The van der Waals surface area contributed by atoms with Gasteiger partial charge in [0, 0.05) is 47.6 Å². The molecule has 5 nitrogen and oxygen atoms in total. The zero-order valence-electron chi connectivity index (χ0n) is 14.0. The first-order chi connectivity index (χ1) is 12.2. The molecule has 0 saturated carbocycles. The highest BCUT2D eigenvalue weighted by molar-refractivity contribution is 7.12. The van der Waals surface area contributed by atoms with E-state index in [2.05, 4.69) is 20.6 Å². The van der Waals surface area contributed by atoms with Gasteiger partial charge in [-0.15, -0.1) is 11.3 Å². The number of hydrogen-bond donors (Lipinski definition) is 2. The molecule has 3 aromatic rings. The summed E-state index contributed by atoms with van der Waals surface area (Å²) in [6.07, 6.45) is 6.96. The maximum absolute atomic E-state index is 12.8. The third-order valence-corrected chi connectivity index (χ3v) is 4.85. The van der Waals surface area contributed by atoms with Gasteiger partial charge in [0.15, 0.2) is 0 Å². The SMILES string of the molecule is Cc1ccc(C(NCc2ccncc2)C(=O)NCc2ccncc2)s1. The number of pyridine rings is 2. The van der Waals surface area contributed by atoms with Crippen LogP contribution in [0.5, 0.6) is 0 Å². The molecule has 3 heterocycles. The number of rotatable bonds is 7. The van der Waals surface area contributed by atoms with E-state index in [-0.39, 0.29) is 11.9 Å². The number of carbonyl (C=O) groups excluding carboxylic acids is 1. The Hall–Kier alpha value is -2.57. The van der Waals surface area contributed by atoms with Crippen LogP contribution in [0.25, 0.3) is 0 Å². The van der Waals surface area contributed by atoms with Crippen LogP contribution in [0.3, 0.4) is 0 Å². The Bertz CT molecular complexity index is 805. The average molecular weight is 352 g/mol. The van der Waals surface area contributed by atoms with E-state index in [1.54, 1.807) is 36.1 Å². The van der Waals surface area contributed by atoms with Gasteiger partial charge in [0.1, 0.15) is 6.04 Å². The van der Waals surface area contributed by atoms with E-state index < -0.39 is 0 Å². The number of aromatic nitrogens is 2. The molecular weight excluding hydrogens is 332 g/mol. The van der Waals surface area contributed by atoms with Crippen LogP contribution in [0.4, 0.5) is 0 Å². The summed E-state index contributed by atoms with van der Waals surface area (Å²) in [5, 5.41) is 6.37. The van der Waals surface area contributed by atoms with Crippen LogP contribution in [0.1, 0.15) is 26.9 Å². The molecule has 25 heavy (non-hydrogen) atoms. The highest BCUT2D eigenvalue weighted by Crippen LogP contribution is 2.23. The molecular formula is C19H20N4OS. The van der Waals surface area contributed by atoms with E-state index in [1.807, 2.05) is 43.3 Å². The molecule has 0 saturated heterocycles. The molecule has 3 aromatic heterocycles. The Labute approximate surface area is 151 Å². The highest BCUT2D eigenvalue weighted by Gasteiger charge is 2.21. The minimum Gasteiger partial charge on any atom is -0.350 e. The van der Waals surface area contributed by atoms with E-state index >= 15 is 0 Å². The summed E-state index contributed by atoms with van der Waals surface area (Å²) in [5.41, 5.74) is 2.12. The minimum absolute atomic E-state index is 0.0345. The van der Waals surface area contributed by atoms with Gasteiger partial charge in [-0.2, -0.15) is 0 Å². The molecule has 1 atom stereocenters. The molecule has 0 bridgehead atoms. The lowest BCUT2D eigenvalue weighted by molar-refractivity contribution is -0.123. The summed E-state index contributed by atoms with van der Waals surface area (Å²) >= 11 is 1.64. The van der Waals surface area contributed by atoms with Gasteiger partial charge < -0.3 is 5.32 Å². The Balaban J connectivity index is 1.68. The van der Waals surface area contributed by atoms with Crippen LogP contribution < -0.4 is 10.6 Å². The molecule has 0 aliphatic carbocycles. The monoisotopic (exact) mass is 352 g/mol. The number of nitrogens with one attached hydrogen (secondary N) is 2. The summed E-state index contributed by atoms with van der Waals surface area (Å²) in [6.45, 7) is 3.13. The zero-order valence-corrected chi connectivity index (χ0v) is 14.8. The summed E-state index contributed by atoms with van der Waals surface area (Å²) in [6, 6.07) is 11.3. The molecule has 1 amide bonds. The molecule has 0 aliphatic rings. The van der Waals surface area contributed by atoms with Crippen LogP contribution in [0.15, 0.2) is 61.2 Å². The van der Waals surface area contributed by atoms with Crippen molar-refractivity contribution in [3.8, 4) is 0 Å². The number of aryl methyl sites for hydroxylation is 1. The maximum atomic E-state index is 12.8. The second kappa shape index (κ2) is 8.50. The number of carbonyl (C=O) groups is 1. The highest BCUT2D eigenvalue weighted by atomic mass is 32.1. The quantitative estimate of drug-likeness (QED) is 0.686. The average Bonchev–Trinajstić information content (AvgIpc) is 3.08. The maximum Gasteiger partial charge on any atom is 0.242 e. The number of hydrogen-bond acceptors (Lipinski definition) is 5. The van der Waals surface area contributed by atoms with Crippen LogP contribution >= 0.6 is 11.3 Å². The predicted molar refractivity (Wildman–Crippen MR) is 99.0 cm³/mol. The molecule has 3 rings (SSSR count). The van der Waals surface area contributed by atoms with Crippen molar-refractivity contribution in [2.24, 2.45) is 0 Å². The van der Waals surface area contributed by atoms with E-state index in [1.165, 1.54) is 4.88 Å². The van der Waals surface area contributed by atoms with Crippen molar-refractivity contribution in [1.29, 1.82) is 0 Å². The minimum atomic E-state index is -0.381. The molecule has 0 aromatic carbocycles. The van der Waals surface area contributed by atoms with Gasteiger partial charge in [0.25, 0.3) is 0 Å². The summed E-state index contributed by atoms with van der Waals surface area (Å²) in [4.78, 5) is 23.0. The van der Waals surface area contributed by atoms with E-state index in [0.29, 0.717) is 13.1 Å². The molecule has 2 N–H and O–H groups in total. The van der Waals surface area contributed by atoms with Crippen molar-refractivity contribution in [1.82, 2.24) is 20.6 Å². The van der Waals surface area contributed by atoms with Gasteiger partial charge in [-0.05, 0) is 54.4 Å². The van der Waals surface area contributed by atoms with Crippen molar-refractivity contribution in [3.63, 3.8) is 0 Å². The van der Waals surface area contributed by atoms with Crippen LogP contribution in [0.2, 0.25) is 0 Å². The van der Waals surface area contributed by atoms with Crippen LogP contribution in [-0.4, -0.2) is 15.9 Å². The molecule has 0 spiro atoms. The fourth-order valence-corrected chi connectivity index (χ4v) is 3.40. The topological polar surface area (TPSA) is 66.9 Å². The van der Waals surface area contributed by atoms with Crippen molar-refractivity contribution in [3.05, 3.63) is 82.1 Å². The smallest absolute Gasteiger partial charge is 0.242 e. The first-order valence-corrected chi connectivity index (χ1v) is 8.89. The van der Waals surface area contributed by atoms with Crippen molar-refractivity contribution < 1.29 is 4.79 Å². The third kappa shape index (κ3) is 4.95. The summed E-state index contributed by atoms with van der Waals surface area (Å²) in [5.74, 6) is -0.0345. The molecule has 1 unspecified atom stereocenters. The Morgan fingerprint density at radius 1 is 0.960 bits per heavy atom. The van der Waals surface area contributed by atoms with Gasteiger partial charge in [-0.3, -0.25) is 20.1 Å². The predicted octanol–water partition coefficient (Wildman–Crippen LogP) is 2.99. The van der Waals surface area contributed by atoms with Gasteiger partial charge in [-0.25, -0.2) is 0 Å². The van der Waals surface area contributed by atoms with Gasteiger partial charge in [0.05, 0.1) is 0 Å². The molecule has 6 heteroatoms. The second-order valence-electron chi connectivity index (χ2n) is 5.69. The molecule has 0 radical (unpaired) electrons. The van der Waals surface area contributed by atoms with Crippen molar-refractivity contribution in [2.45, 2.75) is 26.1 Å². The zero-order chi connectivity index (χ0) is 17.5. The van der Waals surface area contributed by atoms with Gasteiger partial charge in [0.2, 0.25) is 5.91 Å². The standard InChI is InChI=1S/C19H20N4OS/c1-14-2-3-17(25-14)18(22-12-15-4-8-20-9-5-15)19(24)23-13-16-6-10-21-11-7-16/h2-11,18,22H,12-13H2,1H3,(H,23,24). The first-order valence-electron chi connectivity index (χ1n) is 8.07. The Morgan fingerprint density at radius 3 is 2.12 bits per heavy atom. The van der Waals surface area contributed by atoms with E-state index in [4.69, 9.17) is 0 Å². The number of amides is 1. The lowest BCUT2D eigenvalue weighted by atomic mass is 10.2. The van der Waals surface area contributed by atoms with Gasteiger partial charge in [-0.1, -0.05) is 0 Å². The van der Waals surface area contributed by atoms with E-state index in [0.717, 1.165) is 16.0 Å². The number of nitrogens with zero attached hydrogens (tertiary/aromatic N) is 2. The van der Waals surface area contributed by atoms with Crippen molar-refractivity contribution >= 4 is 17.2 Å². The lowest BCUT2D eigenvalue weighted by Gasteiger charge is -2.17. The summed E-state index contributed by atoms with van der Waals surface area (Å²) in [7, 11) is 0. The van der Waals surface area contributed by atoms with E-state index in [9.17, 15) is 4.79 Å². The number of thiophene rings is 1. The fraction of sp³-hybridized carbons (Fsp3) is 0.211. The van der Waals surface area contributed by atoms with Crippen LogP contribution in [-0.2, 0) is 17.9 Å². The normalized spacial score (nSPS) is 11.9. The largest absolute Gasteiger partial charge is 0.350 e. The Kier molecular flexibility index (Phi) is 5.87. The van der Waals surface area contributed by atoms with Crippen LogP contribution in [0, 0.1) is 6.92 Å². The second-order valence-corrected chi connectivity index (χ2v) is 7.01.